The van der Waals surface area contributed by atoms with Crippen molar-refractivity contribution in [1.29, 1.82) is 0 Å². The molecule has 2 aromatic heterocycles. The normalized spacial score (nSPS) is 12.1. The van der Waals surface area contributed by atoms with E-state index < -0.39 is 0 Å². The third kappa shape index (κ3) is 2.71. The summed E-state index contributed by atoms with van der Waals surface area (Å²) in [4.78, 5) is 7.10. The van der Waals surface area contributed by atoms with Crippen molar-refractivity contribution in [1.82, 2.24) is 9.97 Å². The second kappa shape index (κ2) is 6.45. The van der Waals surface area contributed by atoms with Crippen molar-refractivity contribution in [2.24, 2.45) is 0 Å². The van der Waals surface area contributed by atoms with E-state index >= 15 is 0 Å². The van der Waals surface area contributed by atoms with Crippen LogP contribution >= 0.6 is 0 Å². The molecular weight excluding hydrogens is 328 g/mol. The molecule has 0 unspecified atom stereocenters. The van der Waals surface area contributed by atoms with Crippen LogP contribution in [-0.4, -0.2) is 9.97 Å². The van der Waals surface area contributed by atoms with Gasteiger partial charge in [-0.1, -0.05) is 50.5 Å². The monoisotopic (exact) mass is 354 g/mol. The van der Waals surface area contributed by atoms with E-state index in [1.807, 2.05) is 0 Å². The van der Waals surface area contributed by atoms with Gasteiger partial charge in [0.25, 0.3) is 0 Å². The summed E-state index contributed by atoms with van der Waals surface area (Å²) in [5, 5.41) is 8.04. The summed E-state index contributed by atoms with van der Waals surface area (Å²) in [6.07, 6.45) is 6.36. The number of aryl methyl sites for hydroxylation is 2. The minimum atomic E-state index is 1.15. The van der Waals surface area contributed by atoms with E-state index in [0.29, 0.717) is 0 Å². The quantitative estimate of drug-likeness (QED) is 0.244. The largest absolute Gasteiger partial charge is 0.359 e. The van der Waals surface area contributed by atoms with Crippen LogP contribution in [0.1, 0.15) is 44.0 Å². The number of aromatic nitrogens is 2. The zero-order valence-electron chi connectivity index (χ0n) is 16.2. The Hall–Kier alpha value is -2.74. The molecule has 0 bridgehead atoms. The lowest BCUT2D eigenvalue weighted by Crippen LogP contribution is -1.84. The van der Waals surface area contributed by atoms with Crippen LogP contribution < -0.4 is 0 Å². The van der Waals surface area contributed by atoms with Crippen molar-refractivity contribution in [2.45, 2.75) is 46.0 Å². The second-order valence-electron chi connectivity index (χ2n) is 7.87. The van der Waals surface area contributed by atoms with E-state index in [9.17, 15) is 0 Å². The fourth-order valence-electron chi connectivity index (χ4n) is 4.52. The Labute approximate surface area is 159 Å². The summed E-state index contributed by atoms with van der Waals surface area (Å²) in [6.45, 7) is 4.39. The van der Waals surface area contributed by atoms with Crippen LogP contribution in [0.4, 0.5) is 0 Å². The van der Waals surface area contributed by atoms with Crippen molar-refractivity contribution >= 4 is 43.4 Å². The Morgan fingerprint density at radius 1 is 0.630 bits per heavy atom. The molecule has 0 aliphatic carbocycles. The van der Waals surface area contributed by atoms with Gasteiger partial charge in [-0.15, -0.1) is 0 Å². The SMILES string of the molecule is CCCCCCc1cc2c(ccc3c2ccc2c4cc(C)[nH]c4ccc23)[nH]1. The molecule has 5 aromatic rings. The summed E-state index contributed by atoms with van der Waals surface area (Å²) in [7, 11) is 0. The number of hydrogen-bond acceptors (Lipinski definition) is 0. The standard InChI is InChI=1S/C25H26N2/c1-3-4-5-6-7-17-15-23-21-9-8-20-18(19(21)11-13-25(23)27-17)10-12-24-22(20)14-16(2)26-24/h8-15,26-27H,3-7H2,1-2H3. The molecule has 2 heterocycles. The number of fused-ring (bicyclic) bond motifs is 7. The summed E-state index contributed by atoms with van der Waals surface area (Å²) >= 11 is 0. The number of aromatic amines is 2. The molecule has 136 valence electrons. The maximum atomic E-state index is 3.64. The Bertz CT molecular complexity index is 1270. The Morgan fingerprint density at radius 2 is 1.22 bits per heavy atom. The Morgan fingerprint density at radius 3 is 1.93 bits per heavy atom. The molecular formula is C25H26N2. The van der Waals surface area contributed by atoms with Gasteiger partial charge in [0.05, 0.1) is 0 Å². The molecule has 0 amide bonds. The molecule has 0 spiro atoms. The highest BCUT2D eigenvalue weighted by molar-refractivity contribution is 6.21. The minimum Gasteiger partial charge on any atom is -0.359 e. The molecule has 27 heavy (non-hydrogen) atoms. The fourth-order valence-corrected chi connectivity index (χ4v) is 4.52. The van der Waals surface area contributed by atoms with E-state index in [2.05, 4.69) is 72.3 Å². The van der Waals surface area contributed by atoms with Crippen LogP contribution in [0.5, 0.6) is 0 Å². The molecule has 0 fully saturated rings. The van der Waals surface area contributed by atoms with Crippen LogP contribution in [0.15, 0.2) is 48.5 Å². The van der Waals surface area contributed by atoms with Gasteiger partial charge in [0, 0.05) is 33.2 Å². The predicted molar refractivity (Wildman–Crippen MR) is 118 cm³/mol. The number of hydrogen-bond donors (Lipinski definition) is 2. The molecule has 5 rings (SSSR count). The molecule has 0 atom stereocenters. The number of benzene rings is 3. The lowest BCUT2D eigenvalue weighted by molar-refractivity contribution is 0.662. The average molecular weight is 354 g/mol. The highest BCUT2D eigenvalue weighted by Gasteiger charge is 2.10. The van der Waals surface area contributed by atoms with Crippen LogP contribution in [0.2, 0.25) is 0 Å². The first-order valence-electron chi connectivity index (χ1n) is 10.2. The van der Waals surface area contributed by atoms with Gasteiger partial charge < -0.3 is 9.97 Å². The highest BCUT2D eigenvalue weighted by atomic mass is 14.7. The molecule has 3 aromatic carbocycles. The van der Waals surface area contributed by atoms with Gasteiger partial charge in [-0.3, -0.25) is 0 Å². The summed E-state index contributed by atoms with van der Waals surface area (Å²) in [5.74, 6) is 0. The first kappa shape index (κ1) is 16.4. The van der Waals surface area contributed by atoms with E-state index in [1.54, 1.807) is 0 Å². The highest BCUT2D eigenvalue weighted by Crippen LogP contribution is 2.35. The van der Waals surface area contributed by atoms with Crippen LogP contribution in [-0.2, 0) is 6.42 Å². The first-order valence-corrected chi connectivity index (χ1v) is 10.2. The molecule has 0 saturated carbocycles. The van der Waals surface area contributed by atoms with Gasteiger partial charge in [0.2, 0.25) is 0 Å². The molecule has 0 radical (unpaired) electrons. The smallest absolute Gasteiger partial charge is 0.0462 e. The van der Waals surface area contributed by atoms with E-state index in [4.69, 9.17) is 0 Å². The Balaban J connectivity index is 1.65. The topological polar surface area (TPSA) is 31.6 Å². The number of H-pyrrole nitrogens is 2. The van der Waals surface area contributed by atoms with Crippen molar-refractivity contribution in [3.63, 3.8) is 0 Å². The van der Waals surface area contributed by atoms with Gasteiger partial charge in [-0.25, -0.2) is 0 Å². The van der Waals surface area contributed by atoms with Gasteiger partial charge in [0.15, 0.2) is 0 Å². The van der Waals surface area contributed by atoms with Crippen LogP contribution in [0.3, 0.4) is 0 Å². The zero-order chi connectivity index (χ0) is 18.4. The zero-order valence-corrected chi connectivity index (χ0v) is 16.2. The van der Waals surface area contributed by atoms with Crippen LogP contribution in [0.25, 0.3) is 43.4 Å². The Kier molecular flexibility index (Phi) is 3.93. The van der Waals surface area contributed by atoms with Crippen molar-refractivity contribution in [2.75, 3.05) is 0 Å². The predicted octanol–water partition coefficient (Wildman–Crippen LogP) is 7.39. The minimum absolute atomic E-state index is 1.15. The van der Waals surface area contributed by atoms with E-state index in [0.717, 1.165) is 6.42 Å². The first-order chi connectivity index (χ1) is 13.2. The lowest BCUT2D eigenvalue weighted by atomic mass is 9.97. The van der Waals surface area contributed by atoms with Gasteiger partial charge >= 0.3 is 0 Å². The molecule has 0 aliphatic rings. The van der Waals surface area contributed by atoms with Crippen molar-refractivity contribution in [3.05, 3.63) is 59.9 Å². The second-order valence-corrected chi connectivity index (χ2v) is 7.87. The van der Waals surface area contributed by atoms with Crippen molar-refractivity contribution < 1.29 is 0 Å². The van der Waals surface area contributed by atoms with Crippen molar-refractivity contribution in [3.8, 4) is 0 Å². The third-order valence-electron chi connectivity index (χ3n) is 5.89. The molecule has 2 nitrogen and oxygen atoms in total. The maximum absolute atomic E-state index is 3.64. The average Bonchev–Trinajstić information content (AvgIpc) is 3.26. The third-order valence-corrected chi connectivity index (χ3v) is 5.89. The van der Waals surface area contributed by atoms with Gasteiger partial charge in [0.1, 0.15) is 0 Å². The number of unbranched alkanes of at least 4 members (excludes halogenated alkanes) is 3. The molecule has 2 N–H and O–H groups in total. The summed E-state index contributed by atoms with van der Waals surface area (Å²) < 4.78 is 0. The fraction of sp³-hybridized carbons (Fsp3) is 0.280. The molecule has 0 saturated heterocycles. The summed E-state index contributed by atoms with van der Waals surface area (Å²) in [5.41, 5.74) is 5.05. The number of nitrogens with one attached hydrogen (secondary N) is 2. The maximum Gasteiger partial charge on any atom is 0.0462 e. The molecule has 2 heteroatoms. The lowest BCUT2D eigenvalue weighted by Gasteiger charge is -2.06. The van der Waals surface area contributed by atoms with E-state index in [-0.39, 0.29) is 0 Å². The van der Waals surface area contributed by atoms with Gasteiger partial charge in [-0.2, -0.15) is 0 Å². The van der Waals surface area contributed by atoms with Gasteiger partial charge in [-0.05, 0) is 65.6 Å². The van der Waals surface area contributed by atoms with Crippen LogP contribution in [0, 0.1) is 6.92 Å². The molecule has 0 aliphatic heterocycles. The summed E-state index contributed by atoms with van der Waals surface area (Å²) in [6, 6.07) is 18.2. The number of rotatable bonds is 5. The van der Waals surface area contributed by atoms with E-state index in [1.165, 1.54) is 80.4 Å².